The van der Waals surface area contributed by atoms with E-state index < -0.39 is 36.3 Å². The highest BCUT2D eigenvalue weighted by Crippen LogP contribution is 2.16. The maximum atomic E-state index is 12.0. The number of imide groups is 2. The van der Waals surface area contributed by atoms with Crippen LogP contribution in [0.4, 0.5) is 10.5 Å². The first-order valence-corrected chi connectivity index (χ1v) is 6.88. The van der Waals surface area contributed by atoms with Crippen molar-refractivity contribution in [2.75, 3.05) is 26.0 Å². The molecule has 0 aliphatic carbocycles. The Kier molecular flexibility index (Phi) is 4.63. The molecule has 1 fully saturated rings. The molecule has 1 heterocycles. The Morgan fingerprint density at radius 3 is 2.33 bits per heavy atom. The van der Waals surface area contributed by atoms with Gasteiger partial charge < -0.3 is 10.1 Å². The molecule has 24 heavy (non-hydrogen) atoms. The molecule has 1 saturated heterocycles. The third-order valence-corrected chi connectivity index (χ3v) is 3.47. The van der Waals surface area contributed by atoms with Crippen molar-refractivity contribution in [2.24, 2.45) is 0 Å². The highest BCUT2D eigenvalue weighted by atomic mass is 16.5. The first-order valence-electron chi connectivity index (χ1n) is 6.88. The summed E-state index contributed by atoms with van der Waals surface area (Å²) in [6, 6.07) is 3.68. The van der Waals surface area contributed by atoms with Crippen molar-refractivity contribution in [2.45, 2.75) is 6.92 Å². The average molecular weight is 333 g/mol. The van der Waals surface area contributed by atoms with Crippen LogP contribution in [-0.4, -0.2) is 60.2 Å². The molecular formula is C15H15N3O6. The predicted octanol–water partition coefficient (Wildman–Crippen LogP) is 0.141. The van der Waals surface area contributed by atoms with E-state index in [4.69, 9.17) is 0 Å². The lowest BCUT2D eigenvalue weighted by atomic mass is 10.1. The number of anilines is 1. The molecule has 0 radical (unpaired) electrons. The molecule has 0 atom stereocenters. The third kappa shape index (κ3) is 3.09. The van der Waals surface area contributed by atoms with E-state index in [0.717, 1.165) is 7.05 Å². The summed E-state index contributed by atoms with van der Waals surface area (Å²) < 4.78 is 4.63. The van der Waals surface area contributed by atoms with Gasteiger partial charge >= 0.3 is 23.8 Å². The van der Waals surface area contributed by atoms with Crippen LogP contribution in [0.5, 0.6) is 0 Å². The van der Waals surface area contributed by atoms with Gasteiger partial charge in [0.15, 0.2) is 0 Å². The van der Waals surface area contributed by atoms with Crippen LogP contribution in [0.3, 0.4) is 0 Å². The molecule has 1 aromatic rings. The highest BCUT2D eigenvalue weighted by molar-refractivity contribution is 6.44. The summed E-state index contributed by atoms with van der Waals surface area (Å²) in [7, 11) is 2.43. The minimum absolute atomic E-state index is 0.354. The van der Waals surface area contributed by atoms with Crippen LogP contribution in [-0.2, 0) is 19.1 Å². The number of amides is 5. The molecule has 1 N–H and O–H groups in total. The normalized spacial score (nSPS) is 14.2. The van der Waals surface area contributed by atoms with E-state index in [1.807, 2.05) is 0 Å². The van der Waals surface area contributed by atoms with Crippen molar-refractivity contribution in [3.05, 3.63) is 29.3 Å². The quantitative estimate of drug-likeness (QED) is 0.476. The molecule has 9 heteroatoms. The summed E-state index contributed by atoms with van der Waals surface area (Å²) in [6.45, 7) is 1.09. The van der Waals surface area contributed by atoms with Gasteiger partial charge in [-0.15, -0.1) is 0 Å². The van der Waals surface area contributed by atoms with Gasteiger partial charge in [0.05, 0.1) is 12.7 Å². The number of carbonyl (C=O) groups excluding carboxylic acids is 5. The maximum Gasteiger partial charge on any atom is 0.338 e. The van der Waals surface area contributed by atoms with Crippen LogP contribution in [0.2, 0.25) is 0 Å². The summed E-state index contributed by atoms with van der Waals surface area (Å²) in [4.78, 5) is 59.4. The molecule has 5 amide bonds. The number of aryl methyl sites for hydroxylation is 1. The number of benzene rings is 1. The average Bonchev–Trinajstić information content (AvgIpc) is 2.72. The maximum absolute atomic E-state index is 12.0. The van der Waals surface area contributed by atoms with Gasteiger partial charge in [0, 0.05) is 12.7 Å². The topological polar surface area (TPSA) is 113 Å². The summed E-state index contributed by atoms with van der Waals surface area (Å²) in [6.07, 6.45) is 0. The van der Waals surface area contributed by atoms with Crippen LogP contribution in [0.25, 0.3) is 0 Å². The fourth-order valence-corrected chi connectivity index (χ4v) is 2.18. The second-order valence-corrected chi connectivity index (χ2v) is 5.11. The van der Waals surface area contributed by atoms with Crippen molar-refractivity contribution in [1.82, 2.24) is 9.80 Å². The molecule has 1 aliphatic heterocycles. The van der Waals surface area contributed by atoms with Crippen LogP contribution in [0, 0.1) is 6.92 Å². The molecule has 2 rings (SSSR count). The SMILES string of the molecule is COC(=O)c1ccc(NC(=O)CN2C(=O)C(=O)N(C)C2=O)cc1C. The number of likely N-dealkylation sites (N-methyl/N-ethyl adjacent to an activating group) is 1. The molecular weight excluding hydrogens is 318 g/mol. The number of hydrogen-bond donors (Lipinski definition) is 1. The van der Waals surface area contributed by atoms with Crippen molar-refractivity contribution in [3.8, 4) is 0 Å². The lowest BCUT2D eigenvalue weighted by molar-refractivity contribution is -0.143. The van der Waals surface area contributed by atoms with E-state index >= 15 is 0 Å². The molecule has 0 spiro atoms. The molecule has 1 aromatic carbocycles. The zero-order chi connectivity index (χ0) is 18.0. The van der Waals surface area contributed by atoms with Gasteiger partial charge in [-0.2, -0.15) is 0 Å². The second kappa shape index (κ2) is 6.49. The van der Waals surface area contributed by atoms with Gasteiger partial charge in [-0.25, -0.2) is 14.5 Å². The van der Waals surface area contributed by atoms with E-state index in [1.165, 1.54) is 19.2 Å². The monoisotopic (exact) mass is 333 g/mol. The number of rotatable bonds is 4. The molecule has 0 bridgehead atoms. The van der Waals surface area contributed by atoms with Gasteiger partial charge in [0.2, 0.25) is 5.91 Å². The number of hydrogen-bond acceptors (Lipinski definition) is 6. The Labute approximate surface area is 137 Å². The Bertz CT molecular complexity index is 758. The van der Waals surface area contributed by atoms with Crippen LogP contribution >= 0.6 is 0 Å². The third-order valence-electron chi connectivity index (χ3n) is 3.47. The zero-order valence-electron chi connectivity index (χ0n) is 13.3. The van der Waals surface area contributed by atoms with E-state index in [2.05, 4.69) is 10.1 Å². The fourth-order valence-electron chi connectivity index (χ4n) is 2.18. The minimum atomic E-state index is -1.05. The van der Waals surface area contributed by atoms with Gasteiger partial charge in [0.25, 0.3) is 0 Å². The van der Waals surface area contributed by atoms with E-state index in [1.54, 1.807) is 13.0 Å². The number of esters is 1. The Balaban J connectivity index is 2.07. The van der Waals surface area contributed by atoms with E-state index in [9.17, 15) is 24.0 Å². The summed E-state index contributed by atoms with van der Waals surface area (Å²) in [5, 5.41) is 2.50. The standard InChI is InChI=1S/C15H15N3O6/c1-8-6-9(4-5-10(8)14(22)24-3)16-11(19)7-18-13(21)12(20)17(2)15(18)23/h4-6H,7H2,1-3H3,(H,16,19). The first kappa shape index (κ1) is 17.1. The lowest BCUT2D eigenvalue weighted by Crippen LogP contribution is -2.38. The number of urea groups is 1. The van der Waals surface area contributed by atoms with Gasteiger partial charge in [0.1, 0.15) is 6.54 Å². The largest absolute Gasteiger partial charge is 0.465 e. The predicted molar refractivity (Wildman–Crippen MR) is 81.0 cm³/mol. The molecule has 0 unspecified atom stereocenters. The van der Waals surface area contributed by atoms with Crippen molar-refractivity contribution >= 4 is 35.4 Å². The Morgan fingerprint density at radius 2 is 1.83 bits per heavy atom. The van der Waals surface area contributed by atoms with E-state index in [-0.39, 0.29) is 0 Å². The summed E-state index contributed by atoms with van der Waals surface area (Å²) in [5.41, 5.74) is 1.32. The van der Waals surface area contributed by atoms with Gasteiger partial charge in [-0.3, -0.25) is 19.3 Å². The second-order valence-electron chi connectivity index (χ2n) is 5.11. The summed E-state index contributed by atoms with van der Waals surface area (Å²) in [5.74, 6) is -3.17. The Morgan fingerprint density at radius 1 is 1.17 bits per heavy atom. The smallest absolute Gasteiger partial charge is 0.338 e. The highest BCUT2D eigenvalue weighted by Gasteiger charge is 2.42. The molecule has 0 saturated carbocycles. The number of methoxy groups -OCH3 is 1. The number of carbonyl (C=O) groups is 5. The molecule has 0 aromatic heterocycles. The van der Waals surface area contributed by atoms with Crippen LogP contribution in [0.15, 0.2) is 18.2 Å². The minimum Gasteiger partial charge on any atom is -0.465 e. The van der Waals surface area contributed by atoms with E-state index in [0.29, 0.717) is 26.6 Å². The first-order chi connectivity index (χ1) is 11.3. The molecule has 1 aliphatic rings. The lowest BCUT2D eigenvalue weighted by Gasteiger charge is -2.13. The number of nitrogens with zero attached hydrogens (tertiary/aromatic N) is 2. The van der Waals surface area contributed by atoms with Crippen LogP contribution < -0.4 is 5.32 Å². The zero-order valence-corrected chi connectivity index (χ0v) is 13.3. The van der Waals surface area contributed by atoms with Crippen molar-refractivity contribution in [3.63, 3.8) is 0 Å². The van der Waals surface area contributed by atoms with Crippen LogP contribution in [0.1, 0.15) is 15.9 Å². The van der Waals surface area contributed by atoms with Crippen molar-refractivity contribution in [1.29, 1.82) is 0 Å². The Hall–Kier alpha value is -3.23. The number of ether oxygens (including phenoxy) is 1. The fraction of sp³-hybridized carbons (Fsp3) is 0.267. The number of nitrogens with one attached hydrogen (secondary N) is 1. The van der Waals surface area contributed by atoms with Gasteiger partial charge in [-0.1, -0.05) is 0 Å². The summed E-state index contributed by atoms with van der Waals surface area (Å²) >= 11 is 0. The molecule has 9 nitrogen and oxygen atoms in total. The van der Waals surface area contributed by atoms with Crippen molar-refractivity contribution < 1.29 is 28.7 Å². The van der Waals surface area contributed by atoms with Gasteiger partial charge in [-0.05, 0) is 30.7 Å². The molecule has 126 valence electrons.